The van der Waals surface area contributed by atoms with Crippen LogP contribution < -0.4 is 5.32 Å². The van der Waals surface area contributed by atoms with Gasteiger partial charge in [-0.3, -0.25) is 4.79 Å². The van der Waals surface area contributed by atoms with Gasteiger partial charge in [-0.05, 0) is 33.2 Å². The topological polar surface area (TPSA) is 32.3 Å². The molecule has 0 atom stereocenters. The summed E-state index contributed by atoms with van der Waals surface area (Å²) in [6, 6.07) is 0.832. The number of amides is 1. The average molecular weight is 256 g/mol. The second kappa shape index (κ2) is 10.4. The maximum Gasteiger partial charge on any atom is 0.222 e. The quantitative estimate of drug-likeness (QED) is 0.609. The molecule has 0 aromatic heterocycles. The normalized spacial score (nSPS) is 11.3. The van der Waals surface area contributed by atoms with Crippen LogP contribution in [0.2, 0.25) is 0 Å². The minimum absolute atomic E-state index is 0.312. The van der Waals surface area contributed by atoms with E-state index in [4.69, 9.17) is 0 Å². The van der Waals surface area contributed by atoms with Crippen molar-refractivity contribution in [1.29, 1.82) is 0 Å². The minimum atomic E-state index is 0.312. The summed E-state index contributed by atoms with van der Waals surface area (Å²) in [5, 5.41) is 3.35. The summed E-state index contributed by atoms with van der Waals surface area (Å²) in [5.74, 6) is 0.312. The molecule has 3 heteroatoms. The lowest BCUT2D eigenvalue weighted by molar-refractivity contribution is -0.133. The zero-order valence-corrected chi connectivity index (χ0v) is 13.0. The van der Waals surface area contributed by atoms with Gasteiger partial charge in [-0.25, -0.2) is 0 Å². The van der Waals surface area contributed by atoms with Crippen molar-refractivity contribution in [3.05, 3.63) is 0 Å². The van der Waals surface area contributed by atoms with Crippen LogP contribution in [0.3, 0.4) is 0 Å². The molecule has 0 aliphatic heterocycles. The molecule has 18 heavy (non-hydrogen) atoms. The van der Waals surface area contributed by atoms with Crippen molar-refractivity contribution in [3.8, 4) is 0 Å². The van der Waals surface area contributed by atoms with E-state index in [1.807, 2.05) is 4.90 Å². The van der Waals surface area contributed by atoms with Crippen molar-refractivity contribution in [2.24, 2.45) is 0 Å². The van der Waals surface area contributed by atoms with Gasteiger partial charge in [-0.15, -0.1) is 0 Å². The van der Waals surface area contributed by atoms with Crippen molar-refractivity contribution in [2.45, 2.75) is 78.8 Å². The molecule has 0 rings (SSSR count). The number of hydrogen-bond donors (Lipinski definition) is 1. The Morgan fingerprint density at radius 1 is 1.11 bits per heavy atom. The summed E-state index contributed by atoms with van der Waals surface area (Å²) < 4.78 is 0. The van der Waals surface area contributed by atoms with Crippen LogP contribution in [0.1, 0.15) is 66.7 Å². The van der Waals surface area contributed by atoms with E-state index in [1.54, 1.807) is 0 Å². The van der Waals surface area contributed by atoms with Gasteiger partial charge in [0.15, 0.2) is 0 Å². The standard InChI is InChI=1S/C15H32N2O/c1-6-7-8-12-17(14(4)5)15(18)10-9-11-16-13(2)3/h13-14,16H,6-12H2,1-5H3. The van der Waals surface area contributed by atoms with E-state index in [2.05, 4.69) is 39.9 Å². The van der Waals surface area contributed by atoms with Gasteiger partial charge < -0.3 is 10.2 Å². The van der Waals surface area contributed by atoms with Crippen LogP contribution >= 0.6 is 0 Å². The summed E-state index contributed by atoms with van der Waals surface area (Å²) in [7, 11) is 0. The molecule has 0 aromatic rings. The van der Waals surface area contributed by atoms with Gasteiger partial charge in [0.05, 0.1) is 0 Å². The Morgan fingerprint density at radius 3 is 2.28 bits per heavy atom. The van der Waals surface area contributed by atoms with Crippen LogP contribution in [-0.4, -0.2) is 36.0 Å². The van der Waals surface area contributed by atoms with Gasteiger partial charge in [0.1, 0.15) is 0 Å². The molecule has 0 aromatic carbocycles. The van der Waals surface area contributed by atoms with E-state index in [9.17, 15) is 4.79 Å². The molecule has 0 radical (unpaired) electrons. The zero-order valence-electron chi connectivity index (χ0n) is 13.0. The fraction of sp³-hybridized carbons (Fsp3) is 0.933. The Balaban J connectivity index is 3.91. The number of nitrogens with one attached hydrogen (secondary N) is 1. The van der Waals surface area contributed by atoms with Crippen LogP contribution in [0.4, 0.5) is 0 Å². The highest BCUT2D eigenvalue weighted by molar-refractivity contribution is 5.76. The van der Waals surface area contributed by atoms with Crippen molar-refractivity contribution in [3.63, 3.8) is 0 Å². The third-order valence-corrected chi connectivity index (χ3v) is 3.07. The Hall–Kier alpha value is -0.570. The van der Waals surface area contributed by atoms with Gasteiger partial charge in [-0.2, -0.15) is 0 Å². The highest BCUT2D eigenvalue weighted by atomic mass is 16.2. The van der Waals surface area contributed by atoms with Gasteiger partial charge >= 0.3 is 0 Å². The molecule has 0 aliphatic carbocycles. The SMILES string of the molecule is CCCCCN(C(=O)CCCNC(C)C)C(C)C. The summed E-state index contributed by atoms with van der Waals surface area (Å²) in [5.41, 5.74) is 0. The maximum absolute atomic E-state index is 12.1. The average Bonchev–Trinajstić information content (AvgIpc) is 2.29. The molecule has 1 N–H and O–H groups in total. The van der Waals surface area contributed by atoms with Gasteiger partial charge in [0, 0.05) is 25.0 Å². The maximum atomic E-state index is 12.1. The van der Waals surface area contributed by atoms with E-state index < -0.39 is 0 Å². The highest BCUT2D eigenvalue weighted by Gasteiger charge is 2.15. The largest absolute Gasteiger partial charge is 0.340 e. The third-order valence-electron chi connectivity index (χ3n) is 3.07. The fourth-order valence-corrected chi connectivity index (χ4v) is 1.98. The predicted molar refractivity (Wildman–Crippen MR) is 78.7 cm³/mol. The molecular weight excluding hydrogens is 224 g/mol. The summed E-state index contributed by atoms with van der Waals surface area (Å²) >= 11 is 0. The van der Waals surface area contributed by atoms with E-state index in [-0.39, 0.29) is 0 Å². The predicted octanol–water partition coefficient (Wildman–Crippen LogP) is 3.19. The summed E-state index contributed by atoms with van der Waals surface area (Å²) in [6.07, 6.45) is 5.16. The van der Waals surface area contributed by atoms with E-state index in [1.165, 1.54) is 12.8 Å². The van der Waals surface area contributed by atoms with Crippen molar-refractivity contribution in [1.82, 2.24) is 10.2 Å². The molecule has 0 heterocycles. The van der Waals surface area contributed by atoms with Gasteiger partial charge in [0.2, 0.25) is 5.91 Å². The summed E-state index contributed by atoms with van der Waals surface area (Å²) in [6.45, 7) is 12.5. The fourth-order valence-electron chi connectivity index (χ4n) is 1.98. The smallest absolute Gasteiger partial charge is 0.222 e. The van der Waals surface area contributed by atoms with Crippen LogP contribution in [0.15, 0.2) is 0 Å². The molecule has 0 aliphatic rings. The van der Waals surface area contributed by atoms with Gasteiger partial charge in [0.25, 0.3) is 0 Å². The lowest BCUT2D eigenvalue weighted by atomic mass is 10.2. The Bertz CT molecular complexity index is 215. The first-order valence-corrected chi connectivity index (χ1v) is 7.51. The second-order valence-corrected chi connectivity index (χ2v) is 5.60. The number of nitrogens with zero attached hydrogens (tertiary/aromatic N) is 1. The van der Waals surface area contributed by atoms with E-state index in [0.717, 1.165) is 25.9 Å². The molecule has 0 saturated carbocycles. The van der Waals surface area contributed by atoms with Crippen molar-refractivity contribution in [2.75, 3.05) is 13.1 Å². The van der Waals surface area contributed by atoms with E-state index >= 15 is 0 Å². The molecule has 0 unspecified atom stereocenters. The van der Waals surface area contributed by atoms with Crippen molar-refractivity contribution >= 4 is 5.91 Å². The second-order valence-electron chi connectivity index (χ2n) is 5.60. The molecule has 0 bridgehead atoms. The van der Waals surface area contributed by atoms with Crippen LogP contribution in [0.25, 0.3) is 0 Å². The van der Waals surface area contributed by atoms with Crippen LogP contribution in [0, 0.1) is 0 Å². The zero-order chi connectivity index (χ0) is 14.0. The highest BCUT2D eigenvalue weighted by Crippen LogP contribution is 2.07. The first-order chi connectivity index (χ1) is 8.49. The number of hydrogen-bond acceptors (Lipinski definition) is 2. The first kappa shape index (κ1) is 17.4. The Labute approximate surface area is 113 Å². The molecular formula is C15H32N2O. The molecule has 1 amide bonds. The van der Waals surface area contributed by atoms with Crippen LogP contribution in [-0.2, 0) is 4.79 Å². The first-order valence-electron chi connectivity index (χ1n) is 7.51. The lowest BCUT2D eigenvalue weighted by Gasteiger charge is -2.27. The van der Waals surface area contributed by atoms with Gasteiger partial charge in [-0.1, -0.05) is 33.6 Å². The molecule has 3 nitrogen and oxygen atoms in total. The summed E-state index contributed by atoms with van der Waals surface area (Å²) in [4.78, 5) is 14.2. The number of rotatable bonds is 10. The third kappa shape index (κ3) is 8.51. The lowest BCUT2D eigenvalue weighted by Crippen LogP contribution is -2.38. The monoisotopic (exact) mass is 256 g/mol. The van der Waals surface area contributed by atoms with Crippen molar-refractivity contribution < 1.29 is 4.79 Å². The molecule has 0 spiro atoms. The minimum Gasteiger partial charge on any atom is -0.340 e. The number of carbonyl (C=O) groups excluding carboxylic acids is 1. The number of carbonyl (C=O) groups is 1. The van der Waals surface area contributed by atoms with Crippen LogP contribution in [0.5, 0.6) is 0 Å². The number of unbranched alkanes of at least 4 members (excludes halogenated alkanes) is 2. The molecule has 0 fully saturated rings. The molecule has 108 valence electrons. The van der Waals surface area contributed by atoms with E-state index in [0.29, 0.717) is 24.4 Å². The Morgan fingerprint density at radius 2 is 1.78 bits per heavy atom. The Kier molecular flexibility index (Phi) is 10.0. The molecule has 0 saturated heterocycles.